The number of esters is 1. The molecule has 0 radical (unpaired) electrons. The molecule has 1 aromatic carbocycles. The summed E-state index contributed by atoms with van der Waals surface area (Å²) in [5.41, 5.74) is 0.913. The van der Waals surface area contributed by atoms with Crippen molar-refractivity contribution in [1.29, 1.82) is 0 Å². The van der Waals surface area contributed by atoms with Crippen molar-refractivity contribution in [1.82, 2.24) is 4.90 Å². The molecular formula is C17H20N2O4S. The topological polar surface area (TPSA) is 66.9 Å². The summed E-state index contributed by atoms with van der Waals surface area (Å²) in [7, 11) is 0. The molecule has 2 saturated heterocycles. The van der Waals surface area contributed by atoms with E-state index in [1.165, 1.54) is 4.90 Å². The fraction of sp³-hybridized carbons (Fsp3) is 0.471. The minimum atomic E-state index is -0.410. The fourth-order valence-electron chi connectivity index (χ4n) is 3.02. The summed E-state index contributed by atoms with van der Waals surface area (Å²) >= 11 is 1.87. The zero-order valence-corrected chi connectivity index (χ0v) is 14.4. The van der Waals surface area contributed by atoms with E-state index < -0.39 is 5.97 Å². The van der Waals surface area contributed by atoms with E-state index in [4.69, 9.17) is 4.74 Å². The second kappa shape index (κ2) is 7.36. The van der Waals surface area contributed by atoms with Gasteiger partial charge in [-0.1, -0.05) is 0 Å². The molecule has 24 heavy (non-hydrogen) atoms. The van der Waals surface area contributed by atoms with Gasteiger partial charge in [-0.15, -0.1) is 0 Å². The third-order valence-electron chi connectivity index (χ3n) is 4.25. The highest BCUT2D eigenvalue weighted by atomic mass is 32.2. The van der Waals surface area contributed by atoms with Crippen molar-refractivity contribution in [3.8, 4) is 0 Å². The van der Waals surface area contributed by atoms with Crippen LogP contribution in [0.4, 0.5) is 5.69 Å². The highest BCUT2D eigenvalue weighted by Gasteiger charge is 2.42. The van der Waals surface area contributed by atoms with Gasteiger partial charge in [0.05, 0.1) is 30.3 Å². The molecule has 0 aliphatic carbocycles. The van der Waals surface area contributed by atoms with Gasteiger partial charge >= 0.3 is 5.97 Å². The molecule has 2 amide bonds. The monoisotopic (exact) mass is 348 g/mol. The lowest BCUT2D eigenvalue weighted by Crippen LogP contribution is -2.45. The molecule has 0 spiro atoms. The Morgan fingerprint density at radius 1 is 1.21 bits per heavy atom. The SMILES string of the molecule is CCOC(=O)c1ccc(N2C(=O)CC(N3CCSCC3)C2=O)cc1. The lowest BCUT2D eigenvalue weighted by atomic mass is 10.2. The molecule has 0 aromatic heterocycles. The summed E-state index contributed by atoms with van der Waals surface area (Å²) in [6.07, 6.45) is 0.225. The summed E-state index contributed by atoms with van der Waals surface area (Å²) in [5.74, 6) is 1.22. The molecule has 6 nitrogen and oxygen atoms in total. The van der Waals surface area contributed by atoms with Gasteiger partial charge in [0.15, 0.2) is 0 Å². The number of hydrogen-bond donors (Lipinski definition) is 0. The maximum Gasteiger partial charge on any atom is 0.338 e. The molecule has 2 aliphatic rings. The van der Waals surface area contributed by atoms with Crippen LogP contribution in [0.25, 0.3) is 0 Å². The van der Waals surface area contributed by atoms with Gasteiger partial charge in [0.25, 0.3) is 5.91 Å². The van der Waals surface area contributed by atoms with Crippen molar-refractivity contribution >= 4 is 35.2 Å². The molecule has 128 valence electrons. The van der Waals surface area contributed by atoms with E-state index >= 15 is 0 Å². The number of nitrogens with zero attached hydrogens (tertiary/aromatic N) is 2. The number of anilines is 1. The van der Waals surface area contributed by atoms with E-state index in [1.807, 2.05) is 11.8 Å². The maximum absolute atomic E-state index is 12.7. The van der Waals surface area contributed by atoms with E-state index in [-0.39, 0.29) is 24.3 Å². The molecule has 2 aliphatic heterocycles. The molecule has 0 saturated carbocycles. The Labute approximate surface area is 145 Å². The van der Waals surface area contributed by atoms with Crippen molar-refractivity contribution in [3.63, 3.8) is 0 Å². The summed E-state index contributed by atoms with van der Waals surface area (Å²) < 4.78 is 4.94. The van der Waals surface area contributed by atoms with Gasteiger partial charge in [-0.05, 0) is 31.2 Å². The number of carbonyl (C=O) groups excluding carboxylic acids is 3. The number of ether oxygens (including phenoxy) is 1. The van der Waals surface area contributed by atoms with Crippen LogP contribution >= 0.6 is 11.8 Å². The van der Waals surface area contributed by atoms with E-state index in [2.05, 4.69) is 4.90 Å². The average Bonchev–Trinajstić information content (AvgIpc) is 2.90. The number of amides is 2. The summed E-state index contributed by atoms with van der Waals surface area (Å²) in [4.78, 5) is 40.1. The lowest BCUT2D eigenvalue weighted by molar-refractivity contribution is -0.122. The zero-order chi connectivity index (χ0) is 17.1. The maximum atomic E-state index is 12.7. The van der Waals surface area contributed by atoms with E-state index in [0.717, 1.165) is 24.6 Å². The Kier molecular flexibility index (Phi) is 5.20. The van der Waals surface area contributed by atoms with Crippen molar-refractivity contribution in [2.75, 3.05) is 36.1 Å². The molecule has 0 N–H and O–H groups in total. The molecule has 0 bridgehead atoms. The van der Waals surface area contributed by atoms with Gasteiger partial charge in [0.2, 0.25) is 5.91 Å². The second-order valence-electron chi connectivity index (χ2n) is 5.70. The third-order valence-corrected chi connectivity index (χ3v) is 5.19. The number of carbonyl (C=O) groups is 3. The van der Waals surface area contributed by atoms with Gasteiger partial charge < -0.3 is 4.74 Å². The number of imide groups is 1. The fourth-order valence-corrected chi connectivity index (χ4v) is 3.95. The Bertz CT molecular complexity index is 640. The first kappa shape index (κ1) is 17.0. The van der Waals surface area contributed by atoms with Crippen LogP contribution in [0, 0.1) is 0 Å². The molecule has 1 unspecified atom stereocenters. The number of benzene rings is 1. The first-order chi connectivity index (χ1) is 11.6. The predicted molar refractivity (Wildman–Crippen MR) is 92.2 cm³/mol. The van der Waals surface area contributed by atoms with E-state index in [0.29, 0.717) is 17.9 Å². The van der Waals surface area contributed by atoms with Gasteiger partial charge in [-0.25, -0.2) is 9.69 Å². The molecule has 3 rings (SSSR count). The van der Waals surface area contributed by atoms with Gasteiger partial charge in [0, 0.05) is 24.6 Å². The summed E-state index contributed by atoms with van der Waals surface area (Å²) in [6, 6.07) is 6.05. The molecule has 2 heterocycles. The third kappa shape index (κ3) is 3.32. The van der Waals surface area contributed by atoms with Crippen LogP contribution in [-0.4, -0.2) is 59.9 Å². The standard InChI is InChI=1S/C17H20N2O4S/c1-2-23-17(22)12-3-5-13(6-4-12)19-15(20)11-14(16(19)21)18-7-9-24-10-8-18/h3-6,14H,2,7-11H2,1H3. The van der Waals surface area contributed by atoms with Crippen LogP contribution < -0.4 is 4.90 Å². The van der Waals surface area contributed by atoms with Crippen LogP contribution in [0.1, 0.15) is 23.7 Å². The molecular weight excluding hydrogens is 328 g/mol. The van der Waals surface area contributed by atoms with Crippen molar-refractivity contribution < 1.29 is 19.1 Å². The quantitative estimate of drug-likeness (QED) is 0.607. The highest BCUT2D eigenvalue weighted by molar-refractivity contribution is 7.99. The number of hydrogen-bond acceptors (Lipinski definition) is 6. The zero-order valence-electron chi connectivity index (χ0n) is 13.6. The van der Waals surface area contributed by atoms with Crippen LogP contribution in [0.15, 0.2) is 24.3 Å². The van der Waals surface area contributed by atoms with Crippen molar-refractivity contribution in [3.05, 3.63) is 29.8 Å². The first-order valence-corrected chi connectivity index (χ1v) is 9.23. The molecule has 2 fully saturated rings. The highest BCUT2D eigenvalue weighted by Crippen LogP contribution is 2.27. The first-order valence-electron chi connectivity index (χ1n) is 8.07. The Hall–Kier alpha value is -1.86. The predicted octanol–water partition coefficient (Wildman–Crippen LogP) is 1.54. The second-order valence-corrected chi connectivity index (χ2v) is 6.93. The Morgan fingerprint density at radius 3 is 2.50 bits per heavy atom. The number of thioether (sulfide) groups is 1. The van der Waals surface area contributed by atoms with Gasteiger partial charge in [-0.3, -0.25) is 14.5 Å². The molecule has 7 heteroatoms. The number of rotatable bonds is 4. The smallest absolute Gasteiger partial charge is 0.338 e. The normalized spacial score (nSPS) is 22.0. The van der Waals surface area contributed by atoms with Crippen LogP contribution in [0.2, 0.25) is 0 Å². The largest absolute Gasteiger partial charge is 0.462 e. The van der Waals surface area contributed by atoms with Gasteiger partial charge in [-0.2, -0.15) is 11.8 Å². The summed E-state index contributed by atoms with van der Waals surface area (Å²) in [5, 5.41) is 0. The summed E-state index contributed by atoms with van der Waals surface area (Å²) in [6.45, 7) is 3.72. The Morgan fingerprint density at radius 2 is 1.88 bits per heavy atom. The van der Waals surface area contributed by atoms with E-state index in [1.54, 1.807) is 31.2 Å². The van der Waals surface area contributed by atoms with Crippen molar-refractivity contribution in [2.45, 2.75) is 19.4 Å². The van der Waals surface area contributed by atoms with Crippen LogP contribution in [-0.2, 0) is 14.3 Å². The average molecular weight is 348 g/mol. The minimum Gasteiger partial charge on any atom is -0.462 e. The van der Waals surface area contributed by atoms with Crippen molar-refractivity contribution in [2.24, 2.45) is 0 Å². The molecule has 1 atom stereocenters. The van der Waals surface area contributed by atoms with Crippen LogP contribution in [0.5, 0.6) is 0 Å². The lowest BCUT2D eigenvalue weighted by Gasteiger charge is -2.30. The van der Waals surface area contributed by atoms with Gasteiger partial charge in [0.1, 0.15) is 0 Å². The minimum absolute atomic E-state index is 0.171. The van der Waals surface area contributed by atoms with Crippen LogP contribution in [0.3, 0.4) is 0 Å². The molecule has 1 aromatic rings. The Balaban J connectivity index is 1.75. The van der Waals surface area contributed by atoms with E-state index in [9.17, 15) is 14.4 Å².